The van der Waals surface area contributed by atoms with Crippen LogP contribution in [0.4, 0.5) is 10.1 Å². The fraction of sp³-hybridized carbons (Fsp3) is 0.500. The van der Waals surface area contributed by atoms with Crippen molar-refractivity contribution in [2.45, 2.75) is 12.6 Å². The van der Waals surface area contributed by atoms with Crippen LogP contribution in [0.3, 0.4) is 0 Å². The van der Waals surface area contributed by atoms with Crippen molar-refractivity contribution in [3.05, 3.63) is 39.7 Å². The first kappa shape index (κ1) is 15.5. The van der Waals surface area contributed by atoms with Crippen LogP contribution in [0, 0.1) is 15.9 Å². The summed E-state index contributed by atoms with van der Waals surface area (Å²) in [5, 5.41) is 20.2. The van der Waals surface area contributed by atoms with E-state index in [4.69, 9.17) is 4.74 Å². The van der Waals surface area contributed by atoms with Gasteiger partial charge in [-0.05, 0) is 7.05 Å². The van der Waals surface area contributed by atoms with Gasteiger partial charge in [0.05, 0.1) is 17.6 Å². The third kappa shape index (κ3) is 4.55. The van der Waals surface area contributed by atoms with Crippen molar-refractivity contribution in [1.29, 1.82) is 0 Å². The molecule has 0 amide bonds. The Morgan fingerprint density at radius 1 is 1.58 bits per heavy atom. The second-order valence-electron chi connectivity index (χ2n) is 4.31. The lowest BCUT2D eigenvalue weighted by Crippen LogP contribution is -2.31. The molecule has 1 N–H and O–H groups in total. The van der Waals surface area contributed by atoms with E-state index in [-0.39, 0.29) is 25.3 Å². The van der Waals surface area contributed by atoms with E-state index in [0.29, 0.717) is 0 Å². The van der Waals surface area contributed by atoms with Gasteiger partial charge in [-0.1, -0.05) is 12.1 Å². The number of hydrogen-bond acceptors (Lipinski definition) is 5. The van der Waals surface area contributed by atoms with Gasteiger partial charge in [0.1, 0.15) is 0 Å². The number of ether oxygens (including phenoxy) is 1. The van der Waals surface area contributed by atoms with Crippen molar-refractivity contribution in [2.24, 2.45) is 0 Å². The van der Waals surface area contributed by atoms with Gasteiger partial charge in [-0.3, -0.25) is 15.0 Å². The highest BCUT2D eigenvalue weighted by molar-refractivity contribution is 5.36. The van der Waals surface area contributed by atoms with Gasteiger partial charge in [0, 0.05) is 31.8 Å². The molecule has 1 aromatic carbocycles. The SMILES string of the molecule is COCC(O)CN(C)Cc1cccc([N+](=O)[O-])c1F. The monoisotopic (exact) mass is 272 g/mol. The average Bonchev–Trinajstić information content (AvgIpc) is 2.31. The maximum Gasteiger partial charge on any atom is 0.305 e. The first-order valence-corrected chi connectivity index (χ1v) is 5.73. The Balaban J connectivity index is 2.71. The Bertz CT molecular complexity index is 442. The molecule has 0 saturated carbocycles. The first-order chi connectivity index (χ1) is 8.95. The van der Waals surface area contributed by atoms with Gasteiger partial charge < -0.3 is 9.84 Å². The van der Waals surface area contributed by atoms with Gasteiger partial charge in [0.15, 0.2) is 0 Å². The van der Waals surface area contributed by atoms with Gasteiger partial charge >= 0.3 is 5.69 Å². The number of halogens is 1. The zero-order chi connectivity index (χ0) is 14.4. The zero-order valence-corrected chi connectivity index (χ0v) is 10.9. The van der Waals surface area contributed by atoms with E-state index in [1.165, 1.54) is 19.2 Å². The quantitative estimate of drug-likeness (QED) is 0.595. The second kappa shape index (κ2) is 7.13. The minimum Gasteiger partial charge on any atom is -0.389 e. The number of methoxy groups -OCH3 is 1. The van der Waals surface area contributed by atoms with Crippen molar-refractivity contribution < 1.29 is 19.2 Å². The molecule has 106 valence electrons. The van der Waals surface area contributed by atoms with E-state index < -0.39 is 22.5 Å². The van der Waals surface area contributed by atoms with Crippen LogP contribution in [0.5, 0.6) is 0 Å². The molecule has 1 unspecified atom stereocenters. The van der Waals surface area contributed by atoms with Gasteiger partial charge in [-0.15, -0.1) is 0 Å². The predicted octanol–water partition coefficient (Wildman–Crippen LogP) is 1.17. The summed E-state index contributed by atoms with van der Waals surface area (Å²) in [5.41, 5.74) is -0.315. The molecule has 0 heterocycles. The minimum absolute atomic E-state index is 0.175. The second-order valence-corrected chi connectivity index (χ2v) is 4.31. The molecule has 1 aromatic rings. The van der Waals surface area contributed by atoms with Crippen LogP contribution in [-0.2, 0) is 11.3 Å². The highest BCUT2D eigenvalue weighted by Crippen LogP contribution is 2.21. The van der Waals surface area contributed by atoms with Crippen molar-refractivity contribution in [3.63, 3.8) is 0 Å². The number of aliphatic hydroxyl groups excluding tert-OH is 1. The molecule has 0 aliphatic heterocycles. The summed E-state index contributed by atoms with van der Waals surface area (Å²) in [6.07, 6.45) is -0.684. The average molecular weight is 272 g/mol. The first-order valence-electron chi connectivity index (χ1n) is 5.73. The zero-order valence-electron chi connectivity index (χ0n) is 10.9. The molecule has 1 atom stereocenters. The van der Waals surface area contributed by atoms with Crippen LogP contribution in [0.15, 0.2) is 18.2 Å². The number of aliphatic hydroxyl groups is 1. The summed E-state index contributed by atoms with van der Waals surface area (Å²) in [4.78, 5) is 11.5. The fourth-order valence-electron chi connectivity index (χ4n) is 1.79. The van der Waals surface area contributed by atoms with Crippen LogP contribution in [0.1, 0.15) is 5.56 Å². The van der Waals surface area contributed by atoms with Gasteiger partial charge in [0.25, 0.3) is 0 Å². The van der Waals surface area contributed by atoms with Crippen molar-refractivity contribution in [2.75, 3.05) is 27.3 Å². The lowest BCUT2D eigenvalue weighted by atomic mass is 10.1. The molecule has 0 radical (unpaired) electrons. The number of nitrogens with zero attached hydrogens (tertiary/aromatic N) is 2. The van der Waals surface area contributed by atoms with E-state index in [1.54, 1.807) is 11.9 Å². The highest BCUT2D eigenvalue weighted by Gasteiger charge is 2.18. The van der Waals surface area contributed by atoms with Crippen LogP contribution in [0.25, 0.3) is 0 Å². The smallest absolute Gasteiger partial charge is 0.305 e. The molecule has 0 aliphatic carbocycles. The Morgan fingerprint density at radius 3 is 2.84 bits per heavy atom. The third-order valence-corrected chi connectivity index (χ3v) is 2.58. The lowest BCUT2D eigenvalue weighted by Gasteiger charge is -2.20. The minimum atomic E-state index is -0.833. The number of rotatable bonds is 7. The van der Waals surface area contributed by atoms with Crippen LogP contribution in [-0.4, -0.2) is 48.3 Å². The summed E-state index contributed by atoms with van der Waals surface area (Å²) >= 11 is 0. The number of nitro groups is 1. The summed E-state index contributed by atoms with van der Waals surface area (Å²) in [6.45, 7) is 0.645. The van der Waals surface area contributed by atoms with Crippen molar-refractivity contribution in [1.82, 2.24) is 4.90 Å². The normalized spacial score (nSPS) is 12.7. The molecular formula is C12H17FN2O4. The summed E-state index contributed by atoms with van der Waals surface area (Å²) in [5.74, 6) is -0.833. The molecule has 0 bridgehead atoms. The Morgan fingerprint density at radius 2 is 2.26 bits per heavy atom. The standard InChI is InChI=1S/C12H17FN2O4/c1-14(7-10(16)8-19-2)6-9-4-3-5-11(12(9)13)15(17)18/h3-5,10,16H,6-8H2,1-2H3. The van der Waals surface area contributed by atoms with E-state index in [2.05, 4.69) is 0 Å². The van der Waals surface area contributed by atoms with Gasteiger partial charge in [0.2, 0.25) is 5.82 Å². The fourth-order valence-corrected chi connectivity index (χ4v) is 1.79. The van der Waals surface area contributed by atoms with Crippen molar-refractivity contribution in [3.8, 4) is 0 Å². The number of hydrogen-bond donors (Lipinski definition) is 1. The van der Waals surface area contributed by atoms with Gasteiger partial charge in [-0.2, -0.15) is 4.39 Å². The number of benzene rings is 1. The molecule has 0 aliphatic rings. The molecule has 0 saturated heterocycles. The highest BCUT2D eigenvalue weighted by atomic mass is 19.1. The lowest BCUT2D eigenvalue weighted by molar-refractivity contribution is -0.387. The summed E-state index contributed by atoms with van der Waals surface area (Å²) in [6, 6.07) is 4.05. The maximum atomic E-state index is 13.8. The van der Waals surface area contributed by atoms with Crippen molar-refractivity contribution >= 4 is 5.69 Å². The van der Waals surface area contributed by atoms with Crippen LogP contribution >= 0.6 is 0 Å². The molecule has 0 aromatic heterocycles. The summed E-state index contributed by atoms with van der Waals surface area (Å²) in [7, 11) is 3.17. The molecule has 1 rings (SSSR count). The summed E-state index contributed by atoms with van der Waals surface area (Å²) < 4.78 is 18.6. The predicted molar refractivity (Wildman–Crippen MR) is 67.3 cm³/mol. The Labute approximate surface area is 110 Å². The molecule has 0 spiro atoms. The van der Waals surface area contributed by atoms with E-state index >= 15 is 0 Å². The number of nitro benzene ring substituents is 1. The van der Waals surface area contributed by atoms with E-state index in [9.17, 15) is 19.6 Å². The Kier molecular flexibility index (Phi) is 5.81. The van der Waals surface area contributed by atoms with Gasteiger partial charge in [-0.25, -0.2) is 0 Å². The van der Waals surface area contributed by atoms with E-state index in [0.717, 1.165) is 6.07 Å². The van der Waals surface area contributed by atoms with Crippen LogP contribution < -0.4 is 0 Å². The largest absolute Gasteiger partial charge is 0.389 e. The topological polar surface area (TPSA) is 75.8 Å². The molecule has 6 nitrogen and oxygen atoms in total. The third-order valence-electron chi connectivity index (χ3n) is 2.58. The molecule has 19 heavy (non-hydrogen) atoms. The molecule has 7 heteroatoms. The molecule has 0 fully saturated rings. The van der Waals surface area contributed by atoms with Crippen LogP contribution in [0.2, 0.25) is 0 Å². The maximum absolute atomic E-state index is 13.8. The molecular weight excluding hydrogens is 255 g/mol. The van der Waals surface area contributed by atoms with E-state index in [1.807, 2.05) is 0 Å². The number of likely N-dealkylation sites (N-methyl/N-ethyl adjacent to an activating group) is 1. The Hall–Kier alpha value is -1.57.